The minimum atomic E-state index is 0.705. The van der Waals surface area contributed by atoms with E-state index in [9.17, 15) is 0 Å². The molecule has 0 saturated carbocycles. The predicted octanol–water partition coefficient (Wildman–Crippen LogP) is 3.21. The highest BCUT2D eigenvalue weighted by molar-refractivity contribution is 5.78. The predicted molar refractivity (Wildman–Crippen MR) is 65.8 cm³/mol. The third kappa shape index (κ3) is 1.74. The monoisotopic (exact) mass is 215 g/mol. The van der Waals surface area contributed by atoms with Gasteiger partial charge in [-0.2, -0.15) is 0 Å². The summed E-state index contributed by atoms with van der Waals surface area (Å²) in [5.74, 6) is 1.70. The molecule has 1 aliphatic heterocycles. The van der Waals surface area contributed by atoms with Gasteiger partial charge in [-0.1, -0.05) is 12.1 Å². The molecule has 1 fully saturated rings. The van der Waals surface area contributed by atoms with Crippen molar-refractivity contribution in [2.24, 2.45) is 0 Å². The molecule has 0 atom stereocenters. The fraction of sp³-hybridized carbons (Fsp3) is 0.429. The number of piperidine rings is 1. The summed E-state index contributed by atoms with van der Waals surface area (Å²) in [4.78, 5) is 0. The van der Waals surface area contributed by atoms with Crippen LogP contribution in [-0.2, 0) is 0 Å². The Labute approximate surface area is 95.6 Å². The van der Waals surface area contributed by atoms with Gasteiger partial charge in [-0.3, -0.25) is 0 Å². The summed E-state index contributed by atoms with van der Waals surface area (Å²) in [7, 11) is 0. The number of nitrogens with one attached hydrogen (secondary N) is 1. The maximum absolute atomic E-state index is 5.68. The maximum Gasteiger partial charge on any atom is 0.134 e. The van der Waals surface area contributed by atoms with Crippen LogP contribution in [0.15, 0.2) is 28.7 Å². The van der Waals surface area contributed by atoms with Crippen LogP contribution in [0.25, 0.3) is 11.0 Å². The molecule has 2 aromatic rings. The van der Waals surface area contributed by atoms with E-state index in [4.69, 9.17) is 4.42 Å². The molecule has 1 aromatic carbocycles. The zero-order valence-corrected chi connectivity index (χ0v) is 9.62. The molecule has 0 aliphatic carbocycles. The van der Waals surface area contributed by atoms with Gasteiger partial charge in [0.25, 0.3) is 0 Å². The van der Waals surface area contributed by atoms with Crippen molar-refractivity contribution in [2.75, 3.05) is 13.1 Å². The summed E-state index contributed by atoms with van der Waals surface area (Å²) in [5, 5.41) is 4.62. The van der Waals surface area contributed by atoms with Crippen LogP contribution in [0.4, 0.5) is 0 Å². The second-order valence-corrected chi connectivity index (χ2v) is 4.68. The summed E-state index contributed by atoms with van der Waals surface area (Å²) in [6.07, 6.45) is 2.48. The van der Waals surface area contributed by atoms with Crippen LogP contribution in [0.3, 0.4) is 0 Å². The first-order valence-corrected chi connectivity index (χ1v) is 6.04. The number of benzene rings is 1. The zero-order valence-electron chi connectivity index (χ0n) is 9.62. The quantitative estimate of drug-likeness (QED) is 0.790. The number of furan rings is 1. The van der Waals surface area contributed by atoms with E-state index in [1.54, 1.807) is 0 Å². The van der Waals surface area contributed by atoms with E-state index >= 15 is 0 Å². The molecule has 16 heavy (non-hydrogen) atoms. The van der Waals surface area contributed by atoms with Gasteiger partial charge < -0.3 is 9.73 Å². The normalized spacial score (nSPS) is 18.1. The Morgan fingerprint density at radius 2 is 2.00 bits per heavy atom. The van der Waals surface area contributed by atoms with Crippen LogP contribution in [0.5, 0.6) is 0 Å². The van der Waals surface area contributed by atoms with Gasteiger partial charge in [-0.05, 0) is 56.5 Å². The number of hydrogen-bond donors (Lipinski definition) is 1. The van der Waals surface area contributed by atoms with E-state index in [0.717, 1.165) is 24.4 Å². The highest BCUT2D eigenvalue weighted by atomic mass is 16.3. The molecule has 1 aliphatic rings. The third-order valence-electron chi connectivity index (χ3n) is 3.48. The van der Waals surface area contributed by atoms with Gasteiger partial charge >= 0.3 is 0 Å². The number of fused-ring (bicyclic) bond motifs is 1. The number of rotatable bonds is 1. The van der Waals surface area contributed by atoms with Crippen LogP contribution in [-0.4, -0.2) is 13.1 Å². The Morgan fingerprint density at radius 3 is 2.81 bits per heavy atom. The molecule has 1 aromatic heterocycles. The molecule has 2 nitrogen and oxygen atoms in total. The Bertz CT molecular complexity index is 494. The second kappa shape index (κ2) is 3.95. The van der Waals surface area contributed by atoms with Gasteiger partial charge in [-0.15, -0.1) is 0 Å². The Morgan fingerprint density at radius 1 is 1.19 bits per heavy atom. The highest BCUT2D eigenvalue weighted by Gasteiger charge is 2.15. The largest absolute Gasteiger partial charge is 0.461 e. The van der Waals surface area contributed by atoms with Crippen molar-refractivity contribution in [3.05, 3.63) is 35.6 Å². The SMILES string of the molecule is Cc1cc2ccc(C3CCNCC3)cc2o1. The molecule has 2 heterocycles. The van der Waals surface area contributed by atoms with E-state index in [2.05, 4.69) is 29.6 Å². The van der Waals surface area contributed by atoms with Gasteiger partial charge in [0.1, 0.15) is 11.3 Å². The fourth-order valence-electron chi connectivity index (χ4n) is 2.59. The van der Waals surface area contributed by atoms with E-state index in [-0.39, 0.29) is 0 Å². The fourth-order valence-corrected chi connectivity index (χ4v) is 2.59. The first-order valence-electron chi connectivity index (χ1n) is 6.04. The Balaban J connectivity index is 1.97. The van der Waals surface area contributed by atoms with Crippen LogP contribution >= 0.6 is 0 Å². The van der Waals surface area contributed by atoms with Crippen LogP contribution < -0.4 is 5.32 Å². The highest BCUT2D eigenvalue weighted by Crippen LogP contribution is 2.29. The van der Waals surface area contributed by atoms with Gasteiger partial charge in [0.15, 0.2) is 0 Å². The lowest BCUT2D eigenvalue weighted by Gasteiger charge is -2.22. The maximum atomic E-state index is 5.68. The average molecular weight is 215 g/mol. The van der Waals surface area contributed by atoms with Crippen LogP contribution in [0.2, 0.25) is 0 Å². The molecule has 2 heteroatoms. The molecule has 0 spiro atoms. The van der Waals surface area contributed by atoms with Gasteiger partial charge in [0.05, 0.1) is 0 Å². The van der Waals surface area contributed by atoms with Crippen molar-refractivity contribution >= 4 is 11.0 Å². The van der Waals surface area contributed by atoms with Crippen molar-refractivity contribution in [1.29, 1.82) is 0 Å². The molecule has 0 amide bonds. The first kappa shape index (κ1) is 9.91. The van der Waals surface area contributed by atoms with Gasteiger partial charge in [-0.25, -0.2) is 0 Å². The smallest absolute Gasteiger partial charge is 0.134 e. The molecular formula is C14H17NO. The van der Waals surface area contributed by atoms with Crippen molar-refractivity contribution in [1.82, 2.24) is 5.32 Å². The van der Waals surface area contributed by atoms with Crippen molar-refractivity contribution in [2.45, 2.75) is 25.7 Å². The average Bonchev–Trinajstić information content (AvgIpc) is 2.69. The molecular weight excluding hydrogens is 198 g/mol. The molecule has 0 bridgehead atoms. The number of hydrogen-bond acceptors (Lipinski definition) is 2. The first-order chi connectivity index (χ1) is 7.83. The molecule has 1 N–H and O–H groups in total. The lowest BCUT2D eigenvalue weighted by Crippen LogP contribution is -2.26. The zero-order chi connectivity index (χ0) is 11.0. The lowest BCUT2D eigenvalue weighted by molar-refractivity contribution is 0.460. The molecule has 3 rings (SSSR count). The van der Waals surface area contributed by atoms with Crippen LogP contribution in [0.1, 0.15) is 30.1 Å². The molecule has 0 radical (unpaired) electrons. The van der Waals surface area contributed by atoms with E-state index in [1.165, 1.54) is 23.8 Å². The van der Waals surface area contributed by atoms with Crippen molar-refractivity contribution < 1.29 is 4.42 Å². The lowest BCUT2D eigenvalue weighted by atomic mass is 9.90. The summed E-state index contributed by atoms with van der Waals surface area (Å²) < 4.78 is 5.68. The summed E-state index contributed by atoms with van der Waals surface area (Å²) in [6, 6.07) is 8.76. The Kier molecular flexibility index (Phi) is 2.44. The minimum Gasteiger partial charge on any atom is -0.461 e. The van der Waals surface area contributed by atoms with E-state index in [0.29, 0.717) is 5.92 Å². The van der Waals surface area contributed by atoms with Gasteiger partial charge in [0, 0.05) is 5.39 Å². The molecule has 84 valence electrons. The van der Waals surface area contributed by atoms with E-state index < -0.39 is 0 Å². The summed E-state index contributed by atoms with van der Waals surface area (Å²) in [5.41, 5.74) is 2.47. The second-order valence-electron chi connectivity index (χ2n) is 4.68. The van der Waals surface area contributed by atoms with Crippen molar-refractivity contribution in [3.63, 3.8) is 0 Å². The molecule has 0 unspecified atom stereocenters. The summed E-state index contributed by atoms with van der Waals surface area (Å²) in [6.45, 7) is 4.28. The molecule has 1 saturated heterocycles. The Hall–Kier alpha value is -1.28. The topological polar surface area (TPSA) is 25.2 Å². The third-order valence-corrected chi connectivity index (χ3v) is 3.48. The van der Waals surface area contributed by atoms with Gasteiger partial charge in [0.2, 0.25) is 0 Å². The number of aryl methyl sites for hydroxylation is 1. The standard InChI is InChI=1S/C14H17NO/c1-10-8-13-3-2-12(9-14(13)16-10)11-4-6-15-7-5-11/h2-3,8-9,11,15H,4-7H2,1H3. The van der Waals surface area contributed by atoms with Crippen LogP contribution in [0, 0.1) is 6.92 Å². The minimum absolute atomic E-state index is 0.705. The summed E-state index contributed by atoms with van der Waals surface area (Å²) >= 11 is 0. The van der Waals surface area contributed by atoms with E-state index in [1.807, 2.05) is 6.92 Å². The van der Waals surface area contributed by atoms with Crippen molar-refractivity contribution in [3.8, 4) is 0 Å².